The Balaban J connectivity index is 2.33. The van der Waals surface area contributed by atoms with Crippen molar-refractivity contribution in [3.63, 3.8) is 0 Å². The van der Waals surface area contributed by atoms with Gasteiger partial charge in [-0.1, -0.05) is 0 Å². The summed E-state index contributed by atoms with van der Waals surface area (Å²) in [7, 11) is 0. The first kappa shape index (κ1) is 17.7. The minimum Gasteiger partial charge on any atom is -0.437 e. The number of nitrogens with zero attached hydrogens (tertiary/aromatic N) is 1. The van der Waals surface area contributed by atoms with Crippen molar-refractivity contribution in [2.24, 2.45) is 0 Å². The van der Waals surface area contributed by atoms with Crippen LogP contribution in [0.5, 0.6) is 11.6 Å². The van der Waals surface area contributed by atoms with Crippen LogP contribution < -0.4 is 4.74 Å². The van der Waals surface area contributed by atoms with Gasteiger partial charge in [-0.2, -0.15) is 13.2 Å². The molecule has 0 aliphatic carbocycles. The van der Waals surface area contributed by atoms with Gasteiger partial charge in [-0.15, -0.1) is 0 Å². The fraction of sp³-hybridized carbons (Fsp3) is 0.312. The van der Waals surface area contributed by atoms with Crippen LogP contribution in [0.2, 0.25) is 0 Å². The van der Waals surface area contributed by atoms with Gasteiger partial charge < -0.3 is 4.74 Å². The number of aromatic nitrogens is 1. The van der Waals surface area contributed by atoms with Crippen LogP contribution in [0.4, 0.5) is 17.6 Å². The summed E-state index contributed by atoms with van der Waals surface area (Å²) >= 11 is 3.17. The van der Waals surface area contributed by atoms with Crippen LogP contribution >= 0.6 is 15.9 Å². The number of halogens is 5. The number of rotatable bonds is 3. The number of benzene rings is 1. The Morgan fingerprint density at radius 1 is 1.13 bits per heavy atom. The van der Waals surface area contributed by atoms with Gasteiger partial charge in [-0.25, -0.2) is 9.37 Å². The van der Waals surface area contributed by atoms with Gasteiger partial charge in [-0.3, -0.25) is 0 Å². The predicted octanol–water partition coefficient (Wildman–Crippen LogP) is 6.06. The van der Waals surface area contributed by atoms with E-state index < -0.39 is 12.1 Å². The van der Waals surface area contributed by atoms with E-state index in [2.05, 4.69) is 20.9 Å². The second kappa shape index (κ2) is 6.47. The average Bonchev–Trinajstić information content (AvgIpc) is 2.42. The van der Waals surface area contributed by atoms with Gasteiger partial charge in [0.15, 0.2) is 0 Å². The smallest absolute Gasteiger partial charge is 0.395 e. The van der Waals surface area contributed by atoms with Crippen molar-refractivity contribution in [2.75, 3.05) is 0 Å². The molecular weight excluding hydrogens is 378 g/mol. The third kappa shape index (κ3) is 4.02. The lowest BCUT2D eigenvalue weighted by Crippen LogP contribution is -2.17. The zero-order valence-corrected chi connectivity index (χ0v) is 14.2. The second-order valence-electron chi connectivity index (χ2n) is 5.29. The quantitative estimate of drug-likeness (QED) is 0.593. The number of pyridine rings is 1. The molecule has 124 valence electrons. The highest BCUT2D eigenvalue weighted by Gasteiger charge is 2.37. The van der Waals surface area contributed by atoms with Crippen molar-refractivity contribution in [3.8, 4) is 11.6 Å². The molecule has 1 atom stereocenters. The van der Waals surface area contributed by atoms with Gasteiger partial charge >= 0.3 is 6.18 Å². The van der Waals surface area contributed by atoms with E-state index in [0.29, 0.717) is 21.3 Å². The van der Waals surface area contributed by atoms with E-state index in [1.807, 2.05) is 0 Å². The summed E-state index contributed by atoms with van der Waals surface area (Å²) in [6.45, 7) is 4.43. The fourth-order valence-corrected chi connectivity index (χ4v) is 2.54. The Labute approximate surface area is 139 Å². The maximum absolute atomic E-state index is 13.3. The standard InChI is InChI=1S/C16H14BrF4NO/c1-8-4-12(18)5-9(2)14(8)23-15-13(17)6-11(7-22-15)10(3)16(19,20)21/h4-7,10H,1-3H3. The van der Waals surface area contributed by atoms with Crippen LogP contribution in [0.3, 0.4) is 0 Å². The van der Waals surface area contributed by atoms with Crippen LogP contribution in [0, 0.1) is 19.7 Å². The molecule has 0 N–H and O–H groups in total. The van der Waals surface area contributed by atoms with Crippen molar-refractivity contribution >= 4 is 15.9 Å². The normalized spacial score (nSPS) is 13.0. The Hall–Kier alpha value is -1.63. The Bertz CT molecular complexity index is 708. The summed E-state index contributed by atoms with van der Waals surface area (Å²) in [4.78, 5) is 3.95. The van der Waals surface area contributed by atoms with Gasteiger partial charge in [0.1, 0.15) is 11.6 Å². The van der Waals surface area contributed by atoms with Crippen LogP contribution in [0.15, 0.2) is 28.9 Å². The van der Waals surface area contributed by atoms with Gasteiger partial charge in [0.25, 0.3) is 0 Å². The Morgan fingerprint density at radius 3 is 2.17 bits per heavy atom. The lowest BCUT2D eigenvalue weighted by molar-refractivity contribution is -0.146. The molecule has 7 heteroatoms. The predicted molar refractivity (Wildman–Crippen MR) is 82.4 cm³/mol. The summed E-state index contributed by atoms with van der Waals surface area (Å²) in [5.41, 5.74) is 1.18. The lowest BCUT2D eigenvalue weighted by Gasteiger charge is -2.17. The summed E-state index contributed by atoms with van der Waals surface area (Å²) in [5, 5.41) is 0. The highest BCUT2D eigenvalue weighted by molar-refractivity contribution is 9.10. The Kier molecular flexibility index (Phi) is 4.98. The van der Waals surface area contributed by atoms with Gasteiger partial charge in [0.05, 0.1) is 10.4 Å². The fourth-order valence-electron chi connectivity index (χ4n) is 2.10. The molecule has 1 aromatic carbocycles. The molecule has 1 aromatic heterocycles. The number of hydrogen-bond donors (Lipinski definition) is 0. The van der Waals surface area contributed by atoms with E-state index in [9.17, 15) is 17.6 Å². The zero-order chi connectivity index (χ0) is 17.4. The SMILES string of the molecule is Cc1cc(F)cc(C)c1Oc1ncc(C(C)C(F)(F)F)cc1Br. The number of ether oxygens (including phenoxy) is 1. The van der Waals surface area contributed by atoms with Crippen molar-refractivity contribution < 1.29 is 22.3 Å². The monoisotopic (exact) mass is 391 g/mol. The van der Waals surface area contributed by atoms with Gasteiger partial charge in [0.2, 0.25) is 5.88 Å². The molecule has 0 amide bonds. The van der Waals surface area contributed by atoms with E-state index >= 15 is 0 Å². The number of aryl methyl sites for hydroxylation is 2. The first-order valence-electron chi connectivity index (χ1n) is 6.76. The van der Waals surface area contributed by atoms with E-state index in [4.69, 9.17) is 4.74 Å². The molecule has 0 aliphatic heterocycles. The van der Waals surface area contributed by atoms with Crippen LogP contribution in [-0.2, 0) is 0 Å². The Morgan fingerprint density at radius 2 is 1.70 bits per heavy atom. The van der Waals surface area contributed by atoms with E-state index in [1.165, 1.54) is 18.2 Å². The van der Waals surface area contributed by atoms with Crippen molar-refractivity contribution in [1.29, 1.82) is 0 Å². The first-order valence-corrected chi connectivity index (χ1v) is 7.55. The van der Waals surface area contributed by atoms with Crippen LogP contribution in [-0.4, -0.2) is 11.2 Å². The second-order valence-corrected chi connectivity index (χ2v) is 6.14. The molecule has 1 heterocycles. The van der Waals surface area contributed by atoms with Crippen molar-refractivity contribution in [1.82, 2.24) is 4.98 Å². The molecule has 0 fully saturated rings. The summed E-state index contributed by atoms with van der Waals surface area (Å²) < 4.78 is 57.5. The molecule has 0 aliphatic rings. The van der Waals surface area contributed by atoms with E-state index in [-0.39, 0.29) is 17.3 Å². The zero-order valence-electron chi connectivity index (χ0n) is 12.6. The van der Waals surface area contributed by atoms with E-state index in [1.54, 1.807) is 13.8 Å². The van der Waals surface area contributed by atoms with Crippen molar-refractivity contribution in [2.45, 2.75) is 32.9 Å². The minimum absolute atomic E-state index is 0.0317. The molecule has 0 saturated heterocycles. The largest absolute Gasteiger partial charge is 0.437 e. The maximum atomic E-state index is 13.3. The molecule has 0 spiro atoms. The molecule has 0 radical (unpaired) electrons. The molecule has 23 heavy (non-hydrogen) atoms. The lowest BCUT2D eigenvalue weighted by atomic mass is 10.0. The highest BCUT2D eigenvalue weighted by atomic mass is 79.9. The molecule has 0 bridgehead atoms. The van der Waals surface area contributed by atoms with Gasteiger partial charge in [-0.05, 0) is 71.6 Å². The highest BCUT2D eigenvalue weighted by Crippen LogP contribution is 2.38. The summed E-state index contributed by atoms with van der Waals surface area (Å²) in [5.74, 6) is -1.46. The summed E-state index contributed by atoms with van der Waals surface area (Å²) in [6, 6.07) is 3.96. The molecule has 0 saturated carbocycles. The third-order valence-corrected chi connectivity index (χ3v) is 4.01. The number of alkyl halides is 3. The van der Waals surface area contributed by atoms with E-state index in [0.717, 1.165) is 13.1 Å². The molecular formula is C16H14BrF4NO. The average molecular weight is 392 g/mol. The molecule has 2 aromatic rings. The number of hydrogen-bond acceptors (Lipinski definition) is 2. The van der Waals surface area contributed by atoms with Crippen LogP contribution in [0.25, 0.3) is 0 Å². The maximum Gasteiger partial charge on any atom is 0.395 e. The first-order chi connectivity index (χ1) is 10.6. The summed E-state index contributed by atoms with van der Waals surface area (Å²) in [6.07, 6.45) is -3.21. The minimum atomic E-state index is -4.34. The topological polar surface area (TPSA) is 22.1 Å². The van der Waals surface area contributed by atoms with Gasteiger partial charge in [0, 0.05) is 6.20 Å². The molecule has 2 rings (SSSR count). The van der Waals surface area contributed by atoms with Crippen LogP contribution in [0.1, 0.15) is 29.5 Å². The van der Waals surface area contributed by atoms with Crippen molar-refractivity contribution in [3.05, 3.63) is 51.4 Å². The molecule has 2 nitrogen and oxygen atoms in total. The third-order valence-electron chi connectivity index (χ3n) is 3.44. The molecule has 1 unspecified atom stereocenters.